The van der Waals surface area contributed by atoms with Crippen LogP contribution in [0.25, 0.3) is 0 Å². The second-order valence-corrected chi connectivity index (χ2v) is 9.94. The van der Waals surface area contributed by atoms with Crippen molar-refractivity contribution in [3.05, 3.63) is 108 Å². The Balaban J connectivity index is 1.69. The van der Waals surface area contributed by atoms with Gasteiger partial charge in [-0.3, -0.25) is 24.1 Å². The molecule has 0 radical (unpaired) electrons. The van der Waals surface area contributed by atoms with Crippen LogP contribution in [-0.4, -0.2) is 52.5 Å². The highest BCUT2D eigenvalue weighted by Crippen LogP contribution is 2.10. The highest BCUT2D eigenvalue weighted by Gasteiger charge is 2.39. The highest BCUT2D eigenvalue weighted by atomic mass is 32.1. The first-order chi connectivity index (χ1) is 19.4. The van der Waals surface area contributed by atoms with Crippen molar-refractivity contribution in [2.75, 3.05) is 13.1 Å². The molecule has 0 fully saturated rings. The number of rotatable bonds is 14. The summed E-state index contributed by atoms with van der Waals surface area (Å²) in [7, 11) is 0. The minimum atomic E-state index is -1.67. The minimum Gasteiger partial charge on any atom is -0.354 e. The van der Waals surface area contributed by atoms with Crippen molar-refractivity contribution in [2.45, 2.75) is 45.1 Å². The molecule has 0 aromatic heterocycles. The van der Waals surface area contributed by atoms with E-state index < -0.39 is 29.7 Å². The van der Waals surface area contributed by atoms with Crippen LogP contribution in [0.4, 0.5) is 0 Å². The molecule has 0 aliphatic carbocycles. The monoisotopic (exact) mass is 557 g/mol. The molecule has 208 valence electrons. The van der Waals surface area contributed by atoms with Gasteiger partial charge in [0.15, 0.2) is 6.04 Å². The normalized spacial score (nSPS) is 10.6. The van der Waals surface area contributed by atoms with Gasteiger partial charge in [0.1, 0.15) is 0 Å². The molecule has 40 heavy (non-hydrogen) atoms. The Bertz CT molecular complexity index is 1220. The van der Waals surface area contributed by atoms with Gasteiger partial charge in [-0.2, -0.15) is 0 Å². The van der Waals surface area contributed by atoms with Crippen molar-refractivity contribution >= 4 is 40.7 Å². The van der Waals surface area contributed by atoms with E-state index >= 15 is 0 Å². The molecular formula is C32H35N3O4S. The van der Waals surface area contributed by atoms with E-state index in [1.807, 2.05) is 91.0 Å². The van der Waals surface area contributed by atoms with Crippen molar-refractivity contribution in [1.82, 2.24) is 15.5 Å². The fraction of sp³-hybridized carbons (Fsp3) is 0.281. The first-order valence-corrected chi connectivity index (χ1v) is 13.8. The molecule has 0 aliphatic heterocycles. The molecule has 4 amide bonds. The number of carbonyl (C=O) groups excluding carboxylic acids is 4. The summed E-state index contributed by atoms with van der Waals surface area (Å²) in [5.41, 5.74) is 3.03. The van der Waals surface area contributed by atoms with E-state index in [2.05, 4.69) is 10.6 Å². The van der Waals surface area contributed by atoms with E-state index in [-0.39, 0.29) is 24.4 Å². The number of nitrogens with one attached hydrogen (secondary N) is 2. The lowest BCUT2D eigenvalue weighted by atomic mass is 10.1. The van der Waals surface area contributed by atoms with Crippen molar-refractivity contribution < 1.29 is 19.2 Å². The Hall–Kier alpha value is -4.17. The number of carbonyl (C=O) groups is 4. The standard InChI is InChI=1S/C32H35N3O4S/c1-24(36)35(32(39)28(40)23-27-17-9-4-10-18-27)29(30(37)33-21-11-19-25-13-5-2-6-14-25)31(38)34-22-12-20-26-15-7-3-8-16-26/h2-10,13-18,29H,11-12,19-23H2,1H3,(H,33,37)(H,34,38). The molecule has 0 heterocycles. The smallest absolute Gasteiger partial charge is 0.268 e. The summed E-state index contributed by atoms with van der Waals surface area (Å²) in [6.07, 6.45) is 2.83. The van der Waals surface area contributed by atoms with Crippen LogP contribution >= 0.6 is 12.2 Å². The fourth-order valence-electron chi connectivity index (χ4n) is 4.28. The molecule has 3 aromatic rings. The van der Waals surface area contributed by atoms with E-state index in [1.165, 1.54) is 0 Å². The molecule has 8 heteroatoms. The van der Waals surface area contributed by atoms with Crippen LogP contribution < -0.4 is 10.6 Å². The first kappa shape index (κ1) is 30.4. The lowest BCUT2D eigenvalue weighted by Crippen LogP contribution is -2.60. The van der Waals surface area contributed by atoms with E-state index in [1.54, 1.807) is 0 Å². The van der Waals surface area contributed by atoms with Crippen LogP contribution in [0.2, 0.25) is 0 Å². The molecule has 0 saturated heterocycles. The largest absolute Gasteiger partial charge is 0.354 e. The predicted molar refractivity (Wildman–Crippen MR) is 160 cm³/mol. The Labute approximate surface area is 241 Å². The van der Waals surface area contributed by atoms with Crippen molar-refractivity contribution in [1.29, 1.82) is 0 Å². The molecular weight excluding hydrogens is 522 g/mol. The van der Waals surface area contributed by atoms with E-state index in [4.69, 9.17) is 12.2 Å². The Morgan fingerprint density at radius 2 is 1.07 bits per heavy atom. The average molecular weight is 558 g/mol. The molecule has 0 aliphatic rings. The van der Waals surface area contributed by atoms with Crippen LogP contribution in [0.5, 0.6) is 0 Å². The summed E-state index contributed by atoms with van der Waals surface area (Å²) in [5, 5.41) is 5.48. The van der Waals surface area contributed by atoms with Crippen LogP contribution in [0.1, 0.15) is 36.5 Å². The van der Waals surface area contributed by atoms with E-state index in [9.17, 15) is 19.2 Å². The van der Waals surface area contributed by atoms with Crippen LogP contribution in [0, 0.1) is 0 Å². The molecule has 3 rings (SSSR count). The zero-order chi connectivity index (χ0) is 28.7. The molecule has 2 N–H and O–H groups in total. The van der Waals surface area contributed by atoms with Gasteiger partial charge in [-0.25, -0.2) is 0 Å². The van der Waals surface area contributed by atoms with Crippen LogP contribution in [-0.2, 0) is 38.4 Å². The van der Waals surface area contributed by atoms with Crippen molar-refractivity contribution in [3.8, 4) is 0 Å². The third-order valence-electron chi connectivity index (χ3n) is 6.33. The minimum absolute atomic E-state index is 0.0554. The number of aryl methyl sites for hydroxylation is 2. The summed E-state index contributed by atoms with van der Waals surface area (Å²) in [6, 6.07) is 27.1. The number of imide groups is 1. The highest BCUT2D eigenvalue weighted by molar-refractivity contribution is 7.82. The van der Waals surface area contributed by atoms with Gasteiger partial charge in [0.25, 0.3) is 17.7 Å². The van der Waals surface area contributed by atoms with Gasteiger partial charge >= 0.3 is 0 Å². The molecule has 0 spiro atoms. The SMILES string of the molecule is CC(=O)N(C(=O)C(=S)Cc1ccccc1)C(C(=O)NCCCc1ccccc1)C(=O)NCCCc1ccccc1. The Morgan fingerprint density at radius 3 is 1.48 bits per heavy atom. The number of amides is 4. The van der Waals surface area contributed by atoms with Gasteiger partial charge in [-0.1, -0.05) is 103 Å². The number of thiocarbonyl (C=S) groups is 1. The Morgan fingerprint density at radius 1 is 0.675 bits per heavy atom. The lowest BCUT2D eigenvalue weighted by molar-refractivity contribution is -0.152. The maximum absolute atomic E-state index is 13.4. The molecule has 7 nitrogen and oxygen atoms in total. The second-order valence-electron chi connectivity index (χ2n) is 9.44. The van der Waals surface area contributed by atoms with Gasteiger partial charge in [-0.05, 0) is 42.4 Å². The van der Waals surface area contributed by atoms with E-state index in [0.29, 0.717) is 17.7 Å². The van der Waals surface area contributed by atoms with Crippen LogP contribution in [0.15, 0.2) is 91.0 Å². The van der Waals surface area contributed by atoms with Crippen molar-refractivity contribution in [3.63, 3.8) is 0 Å². The third-order valence-corrected chi connectivity index (χ3v) is 6.65. The first-order valence-electron chi connectivity index (χ1n) is 13.4. The lowest BCUT2D eigenvalue weighted by Gasteiger charge is -2.28. The third kappa shape index (κ3) is 9.54. The van der Waals surface area contributed by atoms with Gasteiger partial charge in [0.2, 0.25) is 5.91 Å². The number of hydrogen-bond acceptors (Lipinski definition) is 5. The second kappa shape index (κ2) is 16.1. The molecule has 0 unspecified atom stereocenters. The summed E-state index contributed by atoms with van der Waals surface area (Å²) in [5.74, 6) is -3.00. The summed E-state index contributed by atoms with van der Waals surface area (Å²) in [4.78, 5) is 53.4. The van der Waals surface area contributed by atoms with Gasteiger partial charge < -0.3 is 10.6 Å². The maximum atomic E-state index is 13.4. The average Bonchev–Trinajstić information content (AvgIpc) is 2.97. The van der Waals surface area contributed by atoms with E-state index in [0.717, 1.165) is 36.5 Å². The summed E-state index contributed by atoms with van der Waals surface area (Å²) < 4.78 is 0. The molecule has 0 bridgehead atoms. The molecule has 0 atom stereocenters. The molecule has 3 aromatic carbocycles. The number of nitrogens with zero attached hydrogens (tertiary/aromatic N) is 1. The Kier molecular flexibility index (Phi) is 12.2. The predicted octanol–water partition coefficient (Wildman–Crippen LogP) is 3.84. The molecule has 0 saturated carbocycles. The summed E-state index contributed by atoms with van der Waals surface area (Å²) >= 11 is 5.36. The van der Waals surface area contributed by atoms with Crippen LogP contribution in [0.3, 0.4) is 0 Å². The summed E-state index contributed by atoms with van der Waals surface area (Å²) in [6.45, 7) is 1.71. The van der Waals surface area contributed by atoms with Crippen molar-refractivity contribution in [2.24, 2.45) is 0 Å². The number of benzene rings is 3. The zero-order valence-electron chi connectivity index (χ0n) is 22.7. The number of hydrogen-bond donors (Lipinski definition) is 2. The van der Waals surface area contributed by atoms with Gasteiger partial charge in [-0.15, -0.1) is 0 Å². The quantitative estimate of drug-likeness (QED) is 0.178. The fourth-order valence-corrected chi connectivity index (χ4v) is 4.54. The zero-order valence-corrected chi connectivity index (χ0v) is 23.5. The maximum Gasteiger partial charge on any atom is 0.268 e. The van der Waals surface area contributed by atoms with Gasteiger partial charge in [0, 0.05) is 26.4 Å². The topological polar surface area (TPSA) is 95.6 Å². The van der Waals surface area contributed by atoms with Gasteiger partial charge in [0.05, 0.1) is 4.86 Å².